The molecule has 1 aliphatic heterocycles. The van der Waals surface area contributed by atoms with Crippen LogP contribution in [0.4, 0.5) is 10.1 Å². The van der Waals surface area contributed by atoms with Crippen LogP contribution in [0.15, 0.2) is 47.1 Å². The molecule has 2 amide bonds. The highest BCUT2D eigenvalue weighted by atomic mass is 19.1. The highest BCUT2D eigenvalue weighted by Gasteiger charge is 2.27. The maximum atomic E-state index is 13.2. The monoisotopic (exact) mass is 390 g/mol. The summed E-state index contributed by atoms with van der Waals surface area (Å²) in [6.45, 7) is 5.92. The summed E-state index contributed by atoms with van der Waals surface area (Å²) in [6.07, 6.45) is 1.59. The van der Waals surface area contributed by atoms with Crippen molar-refractivity contribution in [3.8, 4) is 0 Å². The van der Waals surface area contributed by atoms with Crippen molar-refractivity contribution in [3.05, 3.63) is 54.2 Å². The number of carbonyl (C=O) groups excluding carboxylic acids is 2. The van der Waals surface area contributed by atoms with Crippen molar-refractivity contribution < 1.29 is 28.2 Å². The fourth-order valence-electron chi connectivity index (χ4n) is 3.44. The van der Waals surface area contributed by atoms with Gasteiger partial charge in [-0.25, -0.2) is 4.39 Å². The number of hydrogen-bond acceptors (Lipinski definition) is 3. The van der Waals surface area contributed by atoms with E-state index in [0.717, 1.165) is 31.9 Å². The molecule has 1 atom stereocenters. The molecule has 0 spiro atoms. The van der Waals surface area contributed by atoms with E-state index in [-0.39, 0.29) is 23.7 Å². The first kappa shape index (κ1) is 20.0. The highest BCUT2D eigenvalue weighted by molar-refractivity contribution is 5.91. The quantitative estimate of drug-likeness (QED) is 0.491. The number of hydrogen-bond donors (Lipinski definition) is 4. The van der Waals surface area contributed by atoms with E-state index in [2.05, 4.69) is 10.6 Å². The Labute approximate surface area is 163 Å². The predicted octanol–water partition coefficient (Wildman–Crippen LogP) is -0.982. The van der Waals surface area contributed by atoms with Crippen LogP contribution in [0.5, 0.6) is 0 Å². The first-order chi connectivity index (χ1) is 13.5. The molecule has 1 aromatic heterocycles. The maximum absolute atomic E-state index is 13.2. The molecule has 4 N–H and O–H groups in total. The Morgan fingerprint density at radius 1 is 1.07 bits per heavy atom. The molecule has 0 unspecified atom stereocenters. The Morgan fingerprint density at radius 2 is 1.75 bits per heavy atom. The van der Waals surface area contributed by atoms with Gasteiger partial charge in [-0.2, -0.15) is 0 Å². The smallest absolute Gasteiger partial charge is 0.279 e. The molecule has 1 aliphatic rings. The molecule has 28 heavy (non-hydrogen) atoms. The molecule has 0 saturated carbocycles. The Balaban J connectivity index is 1.37. The second-order valence-corrected chi connectivity index (χ2v) is 7.22. The molecule has 0 aliphatic carbocycles. The van der Waals surface area contributed by atoms with Crippen molar-refractivity contribution in [2.24, 2.45) is 0 Å². The van der Waals surface area contributed by atoms with Crippen LogP contribution in [-0.2, 0) is 9.59 Å². The van der Waals surface area contributed by atoms with E-state index in [1.165, 1.54) is 21.9 Å². The number of piperazine rings is 1. The molecule has 3 rings (SSSR count). The summed E-state index contributed by atoms with van der Waals surface area (Å²) in [5, 5.41) is 5.68. The van der Waals surface area contributed by atoms with Gasteiger partial charge in [-0.3, -0.25) is 9.59 Å². The second kappa shape index (κ2) is 9.48. The first-order valence-corrected chi connectivity index (χ1v) is 9.55. The van der Waals surface area contributed by atoms with Crippen LogP contribution >= 0.6 is 0 Å². The third kappa shape index (κ3) is 5.90. The summed E-state index contributed by atoms with van der Waals surface area (Å²) in [5.41, 5.74) is 0.469. The van der Waals surface area contributed by atoms with Gasteiger partial charge in [-0.15, -0.1) is 0 Å². The van der Waals surface area contributed by atoms with Gasteiger partial charge in [0.25, 0.3) is 11.8 Å². The van der Waals surface area contributed by atoms with E-state index in [1.54, 1.807) is 24.5 Å². The van der Waals surface area contributed by atoms with E-state index in [9.17, 15) is 14.0 Å². The van der Waals surface area contributed by atoms with Gasteiger partial charge in [0.15, 0.2) is 13.1 Å². The summed E-state index contributed by atoms with van der Waals surface area (Å²) in [4.78, 5) is 26.8. The molecule has 0 radical (unpaired) electrons. The fourth-order valence-corrected chi connectivity index (χ4v) is 3.44. The average Bonchev–Trinajstić information content (AvgIpc) is 3.18. The van der Waals surface area contributed by atoms with Gasteiger partial charge in [-0.05, 0) is 37.3 Å². The third-order valence-corrected chi connectivity index (χ3v) is 4.94. The SMILES string of the molecule is C[C@H](NC(=O)C[NH+]1CC[NH+](CC(=O)Nc2cccc(F)c2)CC1)c1ccco1. The lowest BCUT2D eigenvalue weighted by Crippen LogP contribution is -3.28. The first-order valence-electron chi connectivity index (χ1n) is 9.55. The zero-order valence-electron chi connectivity index (χ0n) is 16.0. The van der Waals surface area contributed by atoms with E-state index in [4.69, 9.17) is 4.42 Å². The number of benzene rings is 1. The van der Waals surface area contributed by atoms with Crippen LogP contribution < -0.4 is 20.4 Å². The lowest BCUT2D eigenvalue weighted by Gasteiger charge is -2.29. The maximum Gasteiger partial charge on any atom is 0.279 e. The number of amides is 2. The van der Waals surface area contributed by atoms with Crippen LogP contribution in [0.1, 0.15) is 18.7 Å². The Kier molecular flexibility index (Phi) is 6.78. The minimum Gasteiger partial charge on any atom is -0.467 e. The van der Waals surface area contributed by atoms with Crippen molar-refractivity contribution in [2.45, 2.75) is 13.0 Å². The predicted molar refractivity (Wildman–Crippen MR) is 101 cm³/mol. The van der Waals surface area contributed by atoms with Gasteiger partial charge in [0.1, 0.15) is 37.8 Å². The van der Waals surface area contributed by atoms with Crippen LogP contribution in [0.3, 0.4) is 0 Å². The fraction of sp³-hybridized carbons (Fsp3) is 0.400. The summed E-state index contributed by atoms with van der Waals surface area (Å²) in [6, 6.07) is 9.37. The standard InChI is InChI=1S/C20H25FN4O3/c1-15(18-6-3-11-28-18)22-19(26)13-24-7-9-25(10-8-24)14-20(27)23-17-5-2-4-16(21)12-17/h2-6,11-12,15H,7-10,13-14H2,1H3,(H,22,26)(H,23,27)/p+2/t15-/m0/s1. The van der Waals surface area contributed by atoms with Crippen molar-refractivity contribution in [1.82, 2.24) is 5.32 Å². The molecule has 1 aromatic carbocycles. The second-order valence-electron chi connectivity index (χ2n) is 7.22. The van der Waals surface area contributed by atoms with Gasteiger partial charge >= 0.3 is 0 Å². The molecule has 2 heterocycles. The van der Waals surface area contributed by atoms with Crippen molar-refractivity contribution in [2.75, 3.05) is 44.6 Å². The highest BCUT2D eigenvalue weighted by Crippen LogP contribution is 2.11. The summed E-state index contributed by atoms with van der Waals surface area (Å²) >= 11 is 0. The van der Waals surface area contributed by atoms with E-state index in [1.807, 2.05) is 13.0 Å². The molecule has 1 saturated heterocycles. The topological polar surface area (TPSA) is 80.2 Å². The van der Waals surface area contributed by atoms with E-state index >= 15 is 0 Å². The Bertz CT molecular complexity index is 789. The normalized spacial score (nSPS) is 20.4. The molecule has 2 aromatic rings. The van der Waals surface area contributed by atoms with Crippen molar-refractivity contribution >= 4 is 17.5 Å². The summed E-state index contributed by atoms with van der Waals surface area (Å²) in [5.74, 6) is 0.226. The van der Waals surface area contributed by atoms with Gasteiger partial charge in [0, 0.05) is 5.69 Å². The van der Waals surface area contributed by atoms with Crippen molar-refractivity contribution in [3.63, 3.8) is 0 Å². The molecule has 8 heteroatoms. The number of anilines is 1. The number of carbonyl (C=O) groups is 2. The zero-order chi connectivity index (χ0) is 19.9. The third-order valence-electron chi connectivity index (χ3n) is 4.94. The minimum atomic E-state index is -0.373. The summed E-state index contributed by atoms with van der Waals surface area (Å²) < 4.78 is 18.5. The van der Waals surface area contributed by atoms with Gasteiger partial charge in [0.05, 0.1) is 12.3 Å². The Hall–Kier alpha value is -2.71. The lowest BCUT2D eigenvalue weighted by atomic mass is 10.2. The average molecular weight is 390 g/mol. The van der Waals surface area contributed by atoms with Gasteiger partial charge in [0.2, 0.25) is 0 Å². The van der Waals surface area contributed by atoms with E-state index < -0.39 is 0 Å². The molecule has 7 nitrogen and oxygen atoms in total. The van der Waals surface area contributed by atoms with Crippen LogP contribution in [0.25, 0.3) is 0 Å². The van der Waals surface area contributed by atoms with Gasteiger partial charge in [-0.1, -0.05) is 6.07 Å². The molecular weight excluding hydrogens is 363 g/mol. The molecular formula is C20H27FN4O3+2. The van der Waals surface area contributed by atoms with Crippen LogP contribution in [0, 0.1) is 5.82 Å². The number of halogens is 1. The largest absolute Gasteiger partial charge is 0.467 e. The zero-order valence-corrected chi connectivity index (χ0v) is 16.0. The lowest BCUT2D eigenvalue weighted by molar-refractivity contribution is -1.00. The Morgan fingerprint density at radius 3 is 2.36 bits per heavy atom. The number of furan rings is 1. The van der Waals surface area contributed by atoms with Crippen molar-refractivity contribution in [1.29, 1.82) is 0 Å². The molecule has 1 fully saturated rings. The molecule has 0 bridgehead atoms. The van der Waals surface area contributed by atoms with E-state index in [0.29, 0.717) is 18.8 Å². The number of quaternary nitrogens is 2. The number of rotatable bonds is 7. The van der Waals surface area contributed by atoms with Gasteiger partial charge < -0.3 is 24.9 Å². The van der Waals surface area contributed by atoms with Crippen LogP contribution in [-0.4, -0.2) is 51.1 Å². The summed E-state index contributed by atoms with van der Waals surface area (Å²) in [7, 11) is 0. The minimum absolute atomic E-state index is 0.00815. The molecule has 150 valence electrons. The van der Waals surface area contributed by atoms with Crippen LogP contribution in [0.2, 0.25) is 0 Å². The number of nitrogens with one attached hydrogen (secondary N) is 4.